The van der Waals surface area contributed by atoms with E-state index in [0.717, 1.165) is 0 Å². The minimum absolute atomic E-state index is 0.109. The molecular weight excluding hydrogens is 350 g/mol. The molecule has 2 aromatic heterocycles. The van der Waals surface area contributed by atoms with Crippen molar-refractivity contribution in [3.8, 4) is 0 Å². The van der Waals surface area contributed by atoms with Crippen LogP contribution in [-0.4, -0.2) is 35.4 Å². The molecule has 0 saturated carbocycles. The normalized spacial score (nSPS) is 10.6. The molecule has 27 heavy (non-hydrogen) atoms. The highest BCUT2D eigenvalue weighted by Gasteiger charge is 2.18. The Labute approximate surface area is 153 Å². The zero-order valence-corrected chi connectivity index (χ0v) is 15.0. The number of amides is 2. The number of carbonyl (C=O) groups is 2. The average molecular weight is 367 g/mol. The molecule has 2 amide bonds. The van der Waals surface area contributed by atoms with Crippen LogP contribution in [0.2, 0.25) is 0 Å². The second kappa shape index (κ2) is 6.91. The number of hydrogen-bond acceptors (Lipinski definition) is 5. The first-order valence-corrected chi connectivity index (χ1v) is 8.04. The van der Waals surface area contributed by atoms with Gasteiger partial charge in [-0.1, -0.05) is 18.2 Å². The Morgan fingerprint density at radius 1 is 1.11 bits per heavy atom. The van der Waals surface area contributed by atoms with Gasteiger partial charge in [-0.3, -0.25) is 14.4 Å². The lowest BCUT2D eigenvalue weighted by Crippen LogP contribution is -2.29. The maximum absolute atomic E-state index is 12.5. The molecule has 3 aromatic rings. The minimum Gasteiger partial charge on any atom is -0.422 e. The van der Waals surface area contributed by atoms with Gasteiger partial charge < -0.3 is 19.2 Å². The number of rotatable bonds is 3. The van der Waals surface area contributed by atoms with Crippen molar-refractivity contribution in [3.05, 3.63) is 74.5 Å². The van der Waals surface area contributed by atoms with E-state index in [9.17, 15) is 19.2 Å². The van der Waals surface area contributed by atoms with Gasteiger partial charge in [0, 0.05) is 32.7 Å². The fourth-order valence-corrected chi connectivity index (χ4v) is 2.59. The van der Waals surface area contributed by atoms with Gasteiger partial charge in [0.25, 0.3) is 17.4 Å². The number of hydrogen-bond donors (Lipinski definition) is 1. The summed E-state index contributed by atoms with van der Waals surface area (Å²) in [5.41, 5.74) is -1.09. The summed E-state index contributed by atoms with van der Waals surface area (Å²) in [7, 11) is 4.62. The molecule has 0 saturated heterocycles. The molecule has 138 valence electrons. The molecule has 3 rings (SSSR count). The van der Waals surface area contributed by atoms with Gasteiger partial charge in [-0.2, -0.15) is 0 Å². The summed E-state index contributed by atoms with van der Waals surface area (Å²) < 4.78 is 6.33. The standard InChI is InChI=1S/C19H17N3O5/c1-21(2)17(24)12-9-14(18(25)22(3)10-12)20-16(23)13-8-11-6-4-5-7-15(11)27-19(13)26/h4-10H,1-3H3,(H,20,23). The Kier molecular flexibility index (Phi) is 4.64. The summed E-state index contributed by atoms with van der Waals surface area (Å²) in [5, 5.41) is 2.98. The Hall–Kier alpha value is -3.68. The van der Waals surface area contributed by atoms with Gasteiger partial charge in [0.05, 0.1) is 5.56 Å². The summed E-state index contributed by atoms with van der Waals surface area (Å²) in [6.45, 7) is 0. The van der Waals surface area contributed by atoms with Crippen molar-refractivity contribution < 1.29 is 14.0 Å². The lowest BCUT2D eigenvalue weighted by atomic mass is 10.1. The van der Waals surface area contributed by atoms with Crippen molar-refractivity contribution in [2.24, 2.45) is 7.05 Å². The SMILES string of the molecule is CN(C)C(=O)c1cc(NC(=O)c2cc3ccccc3oc2=O)c(=O)n(C)c1. The molecule has 1 N–H and O–H groups in total. The van der Waals surface area contributed by atoms with Crippen molar-refractivity contribution in [3.63, 3.8) is 0 Å². The van der Waals surface area contributed by atoms with Crippen LogP contribution in [0.4, 0.5) is 5.69 Å². The molecule has 0 aliphatic carbocycles. The van der Waals surface area contributed by atoms with Crippen LogP contribution >= 0.6 is 0 Å². The van der Waals surface area contributed by atoms with Crippen LogP contribution in [0, 0.1) is 0 Å². The van der Waals surface area contributed by atoms with E-state index >= 15 is 0 Å². The lowest BCUT2D eigenvalue weighted by molar-refractivity contribution is 0.0826. The number of aromatic nitrogens is 1. The van der Waals surface area contributed by atoms with Gasteiger partial charge in [0.2, 0.25) is 0 Å². The Balaban J connectivity index is 2.01. The summed E-state index contributed by atoms with van der Waals surface area (Å²) in [5.74, 6) is -1.12. The molecular formula is C19H17N3O5. The number of para-hydroxylation sites is 1. The zero-order valence-electron chi connectivity index (χ0n) is 15.0. The number of nitrogens with zero attached hydrogens (tertiary/aromatic N) is 2. The van der Waals surface area contributed by atoms with Crippen LogP contribution in [0.3, 0.4) is 0 Å². The molecule has 0 bridgehead atoms. The number of fused-ring (bicyclic) bond motifs is 1. The summed E-state index contributed by atoms with van der Waals surface area (Å²) in [6.07, 6.45) is 1.38. The second-order valence-electron chi connectivity index (χ2n) is 6.20. The molecule has 1 aromatic carbocycles. The van der Waals surface area contributed by atoms with Crippen molar-refractivity contribution >= 4 is 28.5 Å². The molecule has 0 fully saturated rings. The fourth-order valence-electron chi connectivity index (χ4n) is 2.59. The minimum atomic E-state index is -0.816. The van der Waals surface area contributed by atoms with Crippen molar-refractivity contribution in [2.75, 3.05) is 19.4 Å². The molecule has 0 aliphatic rings. The Morgan fingerprint density at radius 2 is 1.81 bits per heavy atom. The van der Waals surface area contributed by atoms with E-state index in [0.29, 0.717) is 11.0 Å². The Morgan fingerprint density at radius 3 is 2.52 bits per heavy atom. The van der Waals surface area contributed by atoms with E-state index in [1.54, 1.807) is 38.4 Å². The maximum Gasteiger partial charge on any atom is 0.349 e. The fraction of sp³-hybridized carbons (Fsp3) is 0.158. The highest BCUT2D eigenvalue weighted by Crippen LogP contribution is 2.14. The monoisotopic (exact) mass is 367 g/mol. The van der Waals surface area contributed by atoms with Crippen LogP contribution in [0.25, 0.3) is 11.0 Å². The quantitative estimate of drug-likeness (QED) is 0.706. The van der Waals surface area contributed by atoms with Crippen molar-refractivity contribution in [1.82, 2.24) is 9.47 Å². The third-order valence-electron chi connectivity index (χ3n) is 3.97. The van der Waals surface area contributed by atoms with E-state index in [2.05, 4.69) is 5.32 Å². The molecule has 0 unspecified atom stereocenters. The third-order valence-corrected chi connectivity index (χ3v) is 3.97. The lowest BCUT2D eigenvalue weighted by Gasteiger charge is -2.13. The van der Waals surface area contributed by atoms with Gasteiger partial charge in [0.15, 0.2) is 0 Å². The number of benzene rings is 1. The number of nitrogens with one attached hydrogen (secondary N) is 1. The van der Waals surface area contributed by atoms with Crippen LogP contribution in [0.15, 0.2) is 56.6 Å². The highest BCUT2D eigenvalue weighted by atomic mass is 16.4. The largest absolute Gasteiger partial charge is 0.422 e. The summed E-state index contributed by atoms with van der Waals surface area (Å²) >= 11 is 0. The van der Waals surface area contributed by atoms with Gasteiger partial charge in [-0.15, -0.1) is 0 Å². The molecule has 2 heterocycles. The molecule has 0 aliphatic heterocycles. The van der Waals surface area contributed by atoms with Gasteiger partial charge in [-0.05, 0) is 18.2 Å². The average Bonchev–Trinajstić information content (AvgIpc) is 2.63. The van der Waals surface area contributed by atoms with Crippen molar-refractivity contribution in [1.29, 1.82) is 0 Å². The maximum atomic E-state index is 12.5. The van der Waals surface area contributed by atoms with Crippen molar-refractivity contribution in [2.45, 2.75) is 0 Å². The van der Waals surface area contributed by atoms with Gasteiger partial charge in [0.1, 0.15) is 16.8 Å². The molecule has 8 nitrogen and oxygen atoms in total. The van der Waals surface area contributed by atoms with Crippen LogP contribution in [-0.2, 0) is 7.05 Å². The number of anilines is 1. The Bertz CT molecular complexity index is 1170. The summed E-state index contributed by atoms with van der Waals surface area (Å²) in [6, 6.07) is 9.45. The van der Waals surface area contributed by atoms with Gasteiger partial charge in [-0.25, -0.2) is 4.79 Å². The molecule has 0 spiro atoms. The first-order chi connectivity index (χ1) is 12.8. The van der Waals surface area contributed by atoms with E-state index in [1.165, 1.54) is 34.8 Å². The third kappa shape index (κ3) is 3.50. The first-order valence-electron chi connectivity index (χ1n) is 8.04. The molecule has 0 radical (unpaired) electrons. The predicted octanol–water partition coefficient (Wildman–Crippen LogP) is 1.45. The van der Waals surface area contributed by atoms with E-state index in [4.69, 9.17) is 4.42 Å². The van der Waals surface area contributed by atoms with E-state index in [1.807, 2.05) is 0 Å². The second-order valence-corrected chi connectivity index (χ2v) is 6.20. The predicted molar refractivity (Wildman–Crippen MR) is 100 cm³/mol. The van der Waals surface area contributed by atoms with Gasteiger partial charge >= 0.3 is 5.63 Å². The first kappa shape index (κ1) is 18.1. The van der Waals surface area contributed by atoms with Crippen LogP contribution in [0.1, 0.15) is 20.7 Å². The molecule has 8 heteroatoms. The summed E-state index contributed by atoms with van der Waals surface area (Å²) in [4.78, 5) is 50.5. The topological polar surface area (TPSA) is 102 Å². The van der Waals surface area contributed by atoms with Crippen LogP contribution < -0.4 is 16.5 Å². The van der Waals surface area contributed by atoms with E-state index in [-0.39, 0.29) is 22.7 Å². The number of carbonyl (C=O) groups excluding carboxylic acids is 2. The molecule has 0 atom stereocenters. The number of pyridine rings is 1. The highest BCUT2D eigenvalue weighted by molar-refractivity contribution is 6.06. The van der Waals surface area contributed by atoms with Crippen LogP contribution in [0.5, 0.6) is 0 Å². The smallest absolute Gasteiger partial charge is 0.349 e. The number of aryl methyl sites for hydroxylation is 1. The zero-order chi connectivity index (χ0) is 19.7. The van der Waals surface area contributed by atoms with E-state index < -0.39 is 17.1 Å².